The molecule has 2 amide bonds. The quantitative estimate of drug-likeness (QED) is 0.834. The van der Waals surface area contributed by atoms with E-state index in [0.717, 1.165) is 0 Å². The summed E-state index contributed by atoms with van der Waals surface area (Å²) < 4.78 is 0. The molecule has 1 rings (SSSR count). The van der Waals surface area contributed by atoms with Gasteiger partial charge in [0.15, 0.2) is 0 Å². The van der Waals surface area contributed by atoms with Gasteiger partial charge >= 0.3 is 0 Å². The van der Waals surface area contributed by atoms with Gasteiger partial charge in [-0.25, -0.2) is 0 Å². The predicted octanol–water partition coefficient (Wildman–Crippen LogP) is 0.935. The molecular weight excluding hydrogens is 230 g/mol. The molecule has 0 spiro atoms. The van der Waals surface area contributed by atoms with Crippen LogP contribution in [-0.4, -0.2) is 43.9 Å². The highest BCUT2D eigenvalue weighted by atomic mass is 16.2. The largest absolute Gasteiger partial charge is 0.345 e. The second-order valence-corrected chi connectivity index (χ2v) is 4.24. The normalized spacial score (nSPS) is 11.8. The van der Waals surface area contributed by atoms with E-state index in [1.165, 1.54) is 4.90 Å². The molecule has 0 heterocycles. The van der Waals surface area contributed by atoms with Gasteiger partial charge in [0.1, 0.15) is 0 Å². The standard InChI is InChI=1S/C13H19N3O2/c1-9(14-2)12(17)15-11-8-6-5-7-10(11)13(18)16(3)4/h5-9,14H,1-4H3,(H,15,17). The maximum atomic E-state index is 11.9. The summed E-state index contributed by atoms with van der Waals surface area (Å²) in [6, 6.07) is 6.66. The van der Waals surface area contributed by atoms with Gasteiger partial charge in [-0.3, -0.25) is 9.59 Å². The van der Waals surface area contributed by atoms with Crippen molar-refractivity contribution >= 4 is 17.5 Å². The van der Waals surface area contributed by atoms with Crippen LogP contribution in [0.1, 0.15) is 17.3 Å². The molecule has 2 N–H and O–H groups in total. The number of carbonyl (C=O) groups is 2. The summed E-state index contributed by atoms with van der Waals surface area (Å²) >= 11 is 0. The van der Waals surface area contributed by atoms with Crippen molar-refractivity contribution in [3.8, 4) is 0 Å². The zero-order valence-corrected chi connectivity index (χ0v) is 11.2. The van der Waals surface area contributed by atoms with E-state index in [-0.39, 0.29) is 17.9 Å². The van der Waals surface area contributed by atoms with E-state index in [2.05, 4.69) is 10.6 Å². The first-order valence-electron chi connectivity index (χ1n) is 5.76. The minimum Gasteiger partial charge on any atom is -0.345 e. The smallest absolute Gasteiger partial charge is 0.255 e. The number of amides is 2. The molecule has 0 aliphatic heterocycles. The Morgan fingerprint density at radius 2 is 1.83 bits per heavy atom. The average molecular weight is 249 g/mol. The molecule has 0 bridgehead atoms. The molecule has 18 heavy (non-hydrogen) atoms. The summed E-state index contributed by atoms with van der Waals surface area (Å²) in [6.45, 7) is 1.76. The lowest BCUT2D eigenvalue weighted by atomic mass is 10.1. The lowest BCUT2D eigenvalue weighted by Gasteiger charge is -2.16. The van der Waals surface area contributed by atoms with Gasteiger partial charge in [-0.2, -0.15) is 0 Å². The number of para-hydroxylation sites is 1. The molecule has 0 radical (unpaired) electrons. The Morgan fingerprint density at radius 1 is 1.22 bits per heavy atom. The van der Waals surface area contributed by atoms with Crippen molar-refractivity contribution < 1.29 is 9.59 Å². The fraction of sp³-hybridized carbons (Fsp3) is 0.385. The van der Waals surface area contributed by atoms with Gasteiger partial charge < -0.3 is 15.5 Å². The highest BCUT2D eigenvalue weighted by Gasteiger charge is 2.16. The van der Waals surface area contributed by atoms with E-state index in [4.69, 9.17) is 0 Å². The number of hydrogen-bond donors (Lipinski definition) is 2. The Balaban J connectivity index is 2.96. The summed E-state index contributed by atoms with van der Waals surface area (Å²) in [5.74, 6) is -0.306. The van der Waals surface area contributed by atoms with Gasteiger partial charge in [-0.05, 0) is 26.1 Å². The molecule has 98 valence electrons. The van der Waals surface area contributed by atoms with Crippen LogP contribution in [0.2, 0.25) is 0 Å². The molecular formula is C13H19N3O2. The number of likely N-dealkylation sites (N-methyl/N-ethyl adjacent to an activating group) is 1. The number of anilines is 1. The van der Waals surface area contributed by atoms with Crippen LogP contribution in [0.15, 0.2) is 24.3 Å². The van der Waals surface area contributed by atoms with Crippen LogP contribution in [0, 0.1) is 0 Å². The van der Waals surface area contributed by atoms with E-state index in [0.29, 0.717) is 11.3 Å². The summed E-state index contributed by atoms with van der Waals surface area (Å²) in [7, 11) is 5.06. The molecule has 1 unspecified atom stereocenters. The lowest BCUT2D eigenvalue weighted by Crippen LogP contribution is -2.36. The summed E-state index contributed by atoms with van der Waals surface area (Å²) in [5.41, 5.74) is 1.02. The zero-order valence-electron chi connectivity index (χ0n) is 11.2. The van der Waals surface area contributed by atoms with Gasteiger partial charge in [0.2, 0.25) is 5.91 Å². The molecule has 5 heteroatoms. The van der Waals surface area contributed by atoms with E-state index < -0.39 is 0 Å². The fourth-order valence-corrected chi connectivity index (χ4v) is 1.39. The highest BCUT2D eigenvalue weighted by molar-refractivity contribution is 6.04. The van der Waals surface area contributed by atoms with Crippen molar-refractivity contribution in [1.82, 2.24) is 10.2 Å². The fourth-order valence-electron chi connectivity index (χ4n) is 1.39. The van der Waals surface area contributed by atoms with Gasteiger partial charge in [0.05, 0.1) is 17.3 Å². The SMILES string of the molecule is CNC(C)C(=O)Nc1ccccc1C(=O)N(C)C. The van der Waals surface area contributed by atoms with Crippen molar-refractivity contribution in [2.75, 3.05) is 26.5 Å². The maximum Gasteiger partial charge on any atom is 0.255 e. The third kappa shape index (κ3) is 3.30. The Bertz CT molecular complexity index is 444. The molecule has 0 aromatic heterocycles. The number of benzene rings is 1. The van der Waals surface area contributed by atoms with Crippen LogP contribution < -0.4 is 10.6 Å². The number of hydrogen-bond acceptors (Lipinski definition) is 3. The van der Waals surface area contributed by atoms with Crippen LogP contribution in [-0.2, 0) is 4.79 Å². The summed E-state index contributed by atoms with van der Waals surface area (Å²) in [6.07, 6.45) is 0. The highest BCUT2D eigenvalue weighted by Crippen LogP contribution is 2.16. The molecule has 1 aromatic carbocycles. The third-order valence-corrected chi connectivity index (χ3v) is 2.65. The van der Waals surface area contributed by atoms with Crippen LogP contribution in [0.4, 0.5) is 5.69 Å². The van der Waals surface area contributed by atoms with Gasteiger partial charge in [0.25, 0.3) is 5.91 Å². The molecule has 0 saturated heterocycles. The summed E-state index contributed by atoms with van der Waals surface area (Å²) in [4.78, 5) is 25.2. The molecule has 0 aliphatic rings. The Kier molecular flexibility index (Phi) is 4.85. The molecule has 5 nitrogen and oxygen atoms in total. The molecule has 0 aliphatic carbocycles. The topological polar surface area (TPSA) is 61.4 Å². The minimum atomic E-state index is -0.312. The van der Waals surface area contributed by atoms with Crippen molar-refractivity contribution in [2.45, 2.75) is 13.0 Å². The Labute approximate surface area is 107 Å². The monoisotopic (exact) mass is 249 g/mol. The van der Waals surface area contributed by atoms with Crippen molar-refractivity contribution in [2.24, 2.45) is 0 Å². The molecule has 0 saturated carbocycles. The second-order valence-electron chi connectivity index (χ2n) is 4.24. The lowest BCUT2D eigenvalue weighted by molar-refractivity contribution is -0.117. The molecule has 1 aromatic rings. The minimum absolute atomic E-state index is 0.136. The Hall–Kier alpha value is -1.88. The van der Waals surface area contributed by atoms with E-state index in [9.17, 15) is 9.59 Å². The first-order valence-corrected chi connectivity index (χ1v) is 5.76. The number of rotatable bonds is 4. The van der Waals surface area contributed by atoms with Crippen molar-refractivity contribution in [3.63, 3.8) is 0 Å². The molecule has 0 fully saturated rings. The predicted molar refractivity (Wildman–Crippen MR) is 71.6 cm³/mol. The average Bonchev–Trinajstić information content (AvgIpc) is 2.37. The van der Waals surface area contributed by atoms with Crippen molar-refractivity contribution in [3.05, 3.63) is 29.8 Å². The maximum absolute atomic E-state index is 11.9. The number of nitrogens with zero attached hydrogens (tertiary/aromatic N) is 1. The third-order valence-electron chi connectivity index (χ3n) is 2.65. The van der Waals surface area contributed by atoms with Gasteiger partial charge in [0, 0.05) is 14.1 Å². The van der Waals surface area contributed by atoms with E-state index >= 15 is 0 Å². The second kappa shape index (κ2) is 6.16. The number of carbonyl (C=O) groups excluding carboxylic acids is 2. The zero-order chi connectivity index (χ0) is 13.7. The first kappa shape index (κ1) is 14.2. The molecule has 1 atom stereocenters. The van der Waals surface area contributed by atoms with Crippen molar-refractivity contribution in [1.29, 1.82) is 0 Å². The first-order chi connectivity index (χ1) is 8.47. The van der Waals surface area contributed by atoms with E-state index in [1.54, 1.807) is 52.3 Å². The summed E-state index contributed by atoms with van der Waals surface area (Å²) in [5, 5.41) is 5.60. The number of nitrogens with one attached hydrogen (secondary N) is 2. The Morgan fingerprint density at radius 3 is 2.39 bits per heavy atom. The van der Waals surface area contributed by atoms with E-state index in [1.807, 2.05) is 0 Å². The van der Waals surface area contributed by atoms with Crippen LogP contribution >= 0.6 is 0 Å². The van der Waals surface area contributed by atoms with Gasteiger partial charge in [-0.1, -0.05) is 12.1 Å². The van der Waals surface area contributed by atoms with Crippen LogP contribution in [0.5, 0.6) is 0 Å². The van der Waals surface area contributed by atoms with Crippen LogP contribution in [0.25, 0.3) is 0 Å². The van der Waals surface area contributed by atoms with Gasteiger partial charge in [-0.15, -0.1) is 0 Å². The van der Waals surface area contributed by atoms with Crippen LogP contribution in [0.3, 0.4) is 0 Å².